The first-order valence-corrected chi connectivity index (χ1v) is 5.46. The van der Waals surface area contributed by atoms with Crippen molar-refractivity contribution in [1.82, 2.24) is 0 Å². The molecule has 1 atom stereocenters. The first-order valence-electron chi connectivity index (χ1n) is 5.46. The number of hydrogen-bond acceptors (Lipinski definition) is 1. The Morgan fingerprint density at radius 1 is 1.40 bits per heavy atom. The Morgan fingerprint density at radius 3 is 2.47 bits per heavy atom. The van der Waals surface area contributed by atoms with Crippen LogP contribution in [0.1, 0.15) is 46.5 Å². The molecule has 0 aromatic rings. The van der Waals surface area contributed by atoms with Gasteiger partial charge >= 0.3 is 5.97 Å². The molecule has 0 spiro atoms. The van der Waals surface area contributed by atoms with E-state index in [1.165, 1.54) is 11.1 Å². The lowest BCUT2D eigenvalue weighted by Gasteiger charge is -2.04. The molecule has 2 heteroatoms. The number of hydrogen-bond donors (Lipinski definition) is 1. The molecule has 0 aromatic heterocycles. The van der Waals surface area contributed by atoms with Crippen LogP contribution >= 0.6 is 0 Å². The maximum atomic E-state index is 10.6. The monoisotopic (exact) mass is 210 g/mol. The molecule has 0 radical (unpaired) electrons. The molecule has 1 N–H and O–H groups in total. The van der Waals surface area contributed by atoms with Gasteiger partial charge < -0.3 is 5.11 Å². The molecule has 0 rings (SSSR count). The van der Waals surface area contributed by atoms with Crippen molar-refractivity contribution in [3.05, 3.63) is 23.8 Å². The minimum absolute atomic E-state index is 0.277. The van der Waals surface area contributed by atoms with Gasteiger partial charge in [0.15, 0.2) is 0 Å². The van der Waals surface area contributed by atoms with E-state index < -0.39 is 5.97 Å². The van der Waals surface area contributed by atoms with E-state index in [4.69, 9.17) is 5.11 Å². The second kappa shape index (κ2) is 7.27. The van der Waals surface area contributed by atoms with Crippen molar-refractivity contribution >= 4 is 5.97 Å². The van der Waals surface area contributed by atoms with E-state index in [-0.39, 0.29) is 5.92 Å². The average molecular weight is 210 g/mol. The van der Waals surface area contributed by atoms with Crippen molar-refractivity contribution < 1.29 is 9.90 Å². The summed E-state index contributed by atoms with van der Waals surface area (Å²) in [4.78, 5) is 10.6. The highest BCUT2D eigenvalue weighted by Gasteiger charge is 2.08. The van der Waals surface area contributed by atoms with E-state index in [9.17, 15) is 4.79 Å². The SMILES string of the molecule is C=C(C)CCC/C(C)=C/CC(C)C(=O)O. The van der Waals surface area contributed by atoms with Crippen molar-refractivity contribution in [3.8, 4) is 0 Å². The number of aliphatic carboxylic acids is 1. The average Bonchev–Trinajstić information content (AvgIpc) is 2.13. The maximum absolute atomic E-state index is 10.6. The Labute approximate surface area is 92.7 Å². The van der Waals surface area contributed by atoms with Gasteiger partial charge in [-0.05, 0) is 39.5 Å². The van der Waals surface area contributed by atoms with Crippen LogP contribution in [0.5, 0.6) is 0 Å². The molecule has 0 saturated heterocycles. The number of carbonyl (C=O) groups is 1. The summed E-state index contributed by atoms with van der Waals surface area (Å²) in [6.45, 7) is 9.68. The van der Waals surface area contributed by atoms with Crippen LogP contribution in [-0.2, 0) is 4.79 Å². The Balaban J connectivity index is 3.79. The van der Waals surface area contributed by atoms with Gasteiger partial charge in [-0.2, -0.15) is 0 Å². The molecular weight excluding hydrogens is 188 g/mol. The van der Waals surface area contributed by atoms with E-state index in [1.54, 1.807) is 6.92 Å². The minimum atomic E-state index is -0.721. The van der Waals surface area contributed by atoms with E-state index in [0.717, 1.165) is 19.3 Å². The quantitative estimate of drug-likeness (QED) is 0.649. The van der Waals surface area contributed by atoms with Crippen LogP contribution in [0.15, 0.2) is 23.8 Å². The molecule has 0 aliphatic rings. The van der Waals surface area contributed by atoms with Gasteiger partial charge in [0.2, 0.25) is 0 Å². The molecule has 0 saturated carbocycles. The third-order valence-electron chi connectivity index (χ3n) is 2.42. The van der Waals surface area contributed by atoms with Gasteiger partial charge in [-0.1, -0.05) is 24.1 Å². The summed E-state index contributed by atoms with van der Waals surface area (Å²) in [5, 5.41) is 8.70. The highest BCUT2D eigenvalue weighted by molar-refractivity contribution is 5.69. The van der Waals surface area contributed by atoms with Crippen LogP contribution in [0.4, 0.5) is 0 Å². The number of rotatable bonds is 7. The van der Waals surface area contributed by atoms with Crippen LogP contribution in [0, 0.1) is 5.92 Å². The zero-order valence-electron chi connectivity index (χ0n) is 10.0. The first kappa shape index (κ1) is 13.9. The van der Waals surface area contributed by atoms with Gasteiger partial charge in [0, 0.05) is 0 Å². The van der Waals surface area contributed by atoms with Crippen LogP contribution in [-0.4, -0.2) is 11.1 Å². The zero-order chi connectivity index (χ0) is 11.8. The second-order valence-corrected chi connectivity index (χ2v) is 4.34. The highest BCUT2D eigenvalue weighted by Crippen LogP contribution is 2.13. The molecule has 0 fully saturated rings. The van der Waals surface area contributed by atoms with E-state index in [0.29, 0.717) is 6.42 Å². The van der Waals surface area contributed by atoms with Gasteiger partial charge in [0.25, 0.3) is 0 Å². The lowest BCUT2D eigenvalue weighted by Crippen LogP contribution is -2.07. The third kappa shape index (κ3) is 7.98. The molecule has 0 amide bonds. The molecule has 86 valence electrons. The third-order valence-corrected chi connectivity index (χ3v) is 2.42. The van der Waals surface area contributed by atoms with Crippen LogP contribution in [0.25, 0.3) is 0 Å². The topological polar surface area (TPSA) is 37.3 Å². The number of allylic oxidation sites excluding steroid dienone is 3. The maximum Gasteiger partial charge on any atom is 0.306 e. The fourth-order valence-electron chi connectivity index (χ4n) is 1.25. The second-order valence-electron chi connectivity index (χ2n) is 4.34. The largest absolute Gasteiger partial charge is 0.481 e. The summed E-state index contributed by atoms with van der Waals surface area (Å²) in [5.74, 6) is -0.998. The lowest BCUT2D eigenvalue weighted by atomic mass is 10.0. The standard InChI is InChI=1S/C13H22O2/c1-10(2)6-5-7-11(3)8-9-12(4)13(14)15/h8,12H,1,5-7,9H2,2-4H3,(H,14,15)/b11-8+. The van der Waals surface area contributed by atoms with Crippen molar-refractivity contribution in [2.45, 2.75) is 46.5 Å². The Bertz CT molecular complexity index is 251. The van der Waals surface area contributed by atoms with E-state index in [2.05, 4.69) is 13.5 Å². The number of carboxylic acid groups (broad SMARTS) is 1. The Morgan fingerprint density at radius 2 is 2.00 bits per heavy atom. The smallest absolute Gasteiger partial charge is 0.306 e. The normalized spacial score (nSPS) is 13.7. The molecule has 0 aliphatic heterocycles. The van der Waals surface area contributed by atoms with Crippen molar-refractivity contribution in [2.24, 2.45) is 5.92 Å². The number of carboxylic acids is 1. The van der Waals surface area contributed by atoms with Crippen molar-refractivity contribution in [1.29, 1.82) is 0 Å². The highest BCUT2D eigenvalue weighted by atomic mass is 16.4. The van der Waals surface area contributed by atoms with Crippen molar-refractivity contribution in [2.75, 3.05) is 0 Å². The van der Waals surface area contributed by atoms with Crippen LogP contribution in [0.2, 0.25) is 0 Å². The van der Waals surface area contributed by atoms with E-state index >= 15 is 0 Å². The summed E-state index contributed by atoms with van der Waals surface area (Å²) in [5.41, 5.74) is 2.49. The van der Waals surface area contributed by atoms with Gasteiger partial charge in [-0.25, -0.2) is 0 Å². The molecule has 0 bridgehead atoms. The minimum Gasteiger partial charge on any atom is -0.481 e. The molecule has 15 heavy (non-hydrogen) atoms. The summed E-state index contributed by atoms with van der Waals surface area (Å²) < 4.78 is 0. The van der Waals surface area contributed by atoms with Gasteiger partial charge in [-0.15, -0.1) is 6.58 Å². The first-order chi connectivity index (χ1) is 6.93. The summed E-state index contributed by atoms with van der Waals surface area (Å²) in [7, 11) is 0. The Hall–Kier alpha value is -1.05. The van der Waals surface area contributed by atoms with Crippen molar-refractivity contribution in [3.63, 3.8) is 0 Å². The molecule has 1 unspecified atom stereocenters. The summed E-state index contributed by atoms with van der Waals surface area (Å²) >= 11 is 0. The Kier molecular flexibility index (Phi) is 6.76. The molecule has 0 aromatic carbocycles. The molecule has 2 nitrogen and oxygen atoms in total. The zero-order valence-corrected chi connectivity index (χ0v) is 10.0. The predicted octanol–water partition coefficient (Wildman–Crippen LogP) is 3.79. The molecule has 0 aliphatic carbocycles. The van der Waals surface area contributed by atoms with Gasteiger partial charge in [0.1, 0.15) is 0 Å². The van der Waals surface area contributed by atoms with Crippen LogP contribution < -0.4 is 0 Å². The van der Waals surface area contributed by atoms with Gasteiger partial charge in [0.05, 0.1) is 5.92 Å². The van der Waals surface area contributed by atoms with Gasteiger partial charge in [-0.3, -0.25) is 4.79 Å². The predicted molar refractivity (Wildman–Crippen MR) is 63.8 cm³/mol. The summed E-state index contributed by atoms with van der Waals surface area (Å²) in [6, 6.07) is 0. The van der Waals surface area contributed by atoms with E-state index in [1.807, 2.05) is 13.0 Å². The fourth-order valence-corrected chi connectivity index (χ4v) is 1.25. The molecule has 0 heterocycles. The summed E-state index contributed by atoms with van der Waals surface area (Å²) in [6.07, 6.45) is 5.88. The molecular formula is C13H22O2. The van der Waals surface area contributed by atoms with Crippen LogP contribution in [0.3, 0.4) is 0 Å². The lowest BCUT2D eigenvalue weighted by molar-refractivity contribution is -0.140. The fraction of sp³-hybridized carbons (Fsp3) is 0.615.